The molecule has 1 aliphatic rings. The van der Waals surface area contributed by atoms with E-state index in [2.05, 4.69) is 29.0 Å². The number of likely N-dealkylation sites (tertiary alicyclic amines) is 1. The van der Waals surface area contributed by atoms with Gasteiger partial charge in [-0.15, -0.1) is 0 Å². The third kappa shape index (κ3) is 4.20. The molecule has 3 aromatic carbocycles. The summed E-state index contributed by atoms with van der Waals surface area (Å²) in [5.41, 5.74) is 1.49. The lowest BCUT2D eigenvalue weighted by molar-refractivity contribution is -0.918. The Hall–Kier alpha value is -2.28. The molecule has 0 unspecified atom stereocenters. The lowest BCUT2D eigenvalue weighted by atomic mass is 9.98. The molecule has 0 spiro atoms. The number of halogens is 1. The molecule has 0 aliphatic carbocycles. The van der Waals surface area contributed by atoms with Crippen LogP contribution in [0.25, 0.3) is 10.8 Å². The van der Waals surface area contributed by atoms with E-state index in [1.54, 1.807) is 6.92 Å². The maximum atomic E-state index is 13.6. The van der Waals surface area contributed by atoms with Crippen molar-refractivity contribution < 1.29 is 17.7 Å². The monoisotopic (exact) mass is 413 g/mol. The Balaban J connectivity index is 1.65. The fourth-order valence-electron chi connectivity index (χ4n) is 4.27. The van der Waals surface area contributed by atoms with Gasteiger partial charge in [-0.05, 0) is 41.5 Å². The van der Waals surface area contributed by atoms with Gasteiger partial charge in [-0.25, -0.2) is 17.5 Å². The predicted octanol–water partition coefficient (Wildman–Crippen LogP) is 2.99. The van der Waals surface area contributed by atoms with Crippen LogP contribution in [0, 0.1) is 12.7 Å². The second-order valence-electron chi connectivity index (χ2n) is 7.75. The van der Waals surface area contributed by atoms with E-state index in [0.29, 0.717) is 12.1 Å². The van der Waals surface area contributed by atoms with Crippen LogP contribution in [0.5, 0.6) is 0 Å². The normalized spacial score (nSPS) is 16.3. The number of nitrogens with one attached hydrogen (secondary N) is 2. The summed E-state index contributed by atoms with van der Waals surface area (Å²) < 4.78 is 42.1. The van der Waals surface area contributed by atoms with Gasteiger partial charge >= 0.3 is 0 Å². The average molecular weight is 414 g/mol. The molecule has 6 heteroatoms. The van der Waals surface area contributed by atoms with Gasteiger partial charge in [0.25, 0.3) is 0 Å². The van der Waals surface area contributed by atoms with Crippen molar-refractivity contribution in [2.75, 3.05) is 19.6 Å². The summed E-state index contributed by atoms with van der Waals surface area (Å²) in [6.45, 7) is 3.94. The van der Waals surface area contributed by atoms with E-state index in [4.69, 9.17) is 0 Å². The molecule has 29 heavy (non-hydrogen) atoms. The molecular weight excluding hydrogens is 387 g/mol. The number of hydrogen-bond acceptors (Lipinski definition) is 2. The van der Waals surface area contributed by atoms with Crippen LogP contribution in [-0.2, 0) is 10.0 Å². The molecule has 0 aromatic heterocycles. The summed E-state index contributed by atoms with van der Waals surface area (Å²) in [5, 5.41) is 2.32. The largest absolute Gasteiger partial charge is 0.328 e. The Morgan fingerprint density at radius 1 is 1.03 bits per heavy atom. The van der Waals surface area contributed by atoms with E-state index in [1.807, 2.05) is 18.2 Å². The van der Waals surface area contributed by atoms with Crippen LogP contribution < -0.4 is 9.62 Å². The van der Waals surface area contributed by atoms with Crippen molar-refractivity contribution in [3.63, 3.8) is 0 Å². The number of benzene rings is 3. The van der Waals surface area contributed by atoms with Gasteiger partial charge < -0.3 is 4.90 Å². The smallest absolute Gasteiger partial charge is 0.240 e. The van der Waals surface area contributed by atoms with E-state index in [1.165, 1.54) is 23.1 Å². The van der Waals surface area contributed by atoms with Crippen LogP contribution in [0.2, 0.25) is 0 Å². The molecule has 0 saturated carbocycles. The van der Waals surface area contributed by atoms with Gasteiger partial charge in [-0.3, -0.25) is 0 Å². The first kappa shape index (κ1) is 20.0. The topological polar surface area (TPSA) is 50.6 Å². The minimum atomic E-state index is -3.72. The van der Waals surface area contributed by atoms with Gasteiger partial charge in [0, 0.05) is 18.4 Å². The maximum absolute atomic E-state index is 13.6. The number of rotatable bonds is 6. The lowest BCUT2D eigenvalue weighted by Gasteiger charge is -2.26. The van der Waals surface area contributed by atoms with E-state index in [9.17, 15) is 12.8 Å². The lowest BCUT2D eigenvalue weighted by Crippen LogP contribution is -3.11. The van der Waals surface area contributed by atoms with Crippen LogP contribution in [-0.4, -0.2) is 28.1 Å². The highest BCUT2D eigenvalue weighted by Gasteiger charge is 2.30. The van der Waals surface area contributed by atoms with Crippen LogP contribution in [0.15, 0.2) is 65.6 Å². The molecule has 4 nitrogen and oxygen atoms in total. The third-order valence-corrected chi connectivity index (χ3v) is 7.28. The molecule has 152 valence electrons. The minimum Gasteiger partial charge on any atom is -0.328 e. The van der Waals surface area contributed by atoms with Crippen LogP contribution in [0.3, 0.4) is 0 Å². The Morgan fingerprint density at radius 3 is 2.52 bits per heavy atom. The van der Waals surface area contributed by atoms with E-state index >= 15 is 0 Å². The molecule has 0 radical (unpaired) electrons. The van der Waals surface area contributed by atoms with Gasteiger partial charge in [-0.1, -0.05) is 42.5 Å². The molecule has 0 bridgehead atoms. The molecule has 1 aliphatic heterocycles. The molecule has 1 heterocycles. The number of quaternary nitrogens is 1. The predicted molar refractivity (Wildman–Crippen MR) is 113 cm³/mol. The summed E-state index contributed by atoms with van der Waals surface area (Å²) in [7, 11) is -3.72. The van der Waals surface area contributed by atoms with Crippen molar-refractivity contribution in [1.82, 2.24) is 4.72 Å². The van der Waals surface area contributed by atoms with Gasteiger partial charge in [-0.2, -0.15) is 0 Å². The maximum Gasteiger partial charge on any atom is 0.240 e. The number of fused-ring (bicyclic) bond motifs is 1. The zero-order valence-electron chi connectivity index (χ0n) is 16.5. The average Bonchev–Trinajstić information content (AvgIpc) is 3.25. The molecule has 2 N–H and O–H groups in total. The first-order valence-corrected chi connectivity index (χ1v) is 11.5. The zero-order valence-corrected chi connectivity index (χ0v) is 17.3. The fourth-order valence-corrected chi connectivity index (χ4v) is 5.40. The van der Waals surface area contributed by atoms with Gasteiger partial charge in [0.1, 0.15) is 11.9 Å². The Kier molecular flexibility index (Phi) is 5.67. The fraction of sp³-hybridized carbons (Fsp3) is 0.304. The first-order valence-electron chi connectivity index (χ1n) is 10.0. The Morgan fingerprint density at radius 2 is 1.76 bits per heavy atom. The standard InChI is InChI=1S/C23H25FN2O2S/c1-17-15-19(11-12-22(17)24)29(27,28)25-16-23(26-13-4-5-14-26)21-10-6-8-18-7-2-3-9-20(18)21/h2-3,6-12,15,23,25H,4-5,13-14,16H2,1H3/p+1/t23-/m0/s1. The molecule has 1 atom stereocenters. The SMILES string of the molecule is Cc1cc(S(=O)(=O)NC[C@@H](c2cccc3ccccc23)[NH+]2CCCC2)ccc1F. The third-order valence-electron chi connectivity index (χ3n) is 5.85. The molecule has 1 fully saturated rings. The van der Waals surface area contributed by atoms with Crippen molar-refractivity contribution in [2.45, 2.75) is 30.7 Å². The van der Waals surface area contributed by atoms with Crippen LogP contribution in [0.4, 0.5) is 4.39 Å². The molecule has 1 saturated heterocycles. The summed E-state index contributed by atoms with van der Waals surface area (Å²) >= 11 is 0. The van der Waals surface area contributed by atoms with Gasteiger partial charge in [0.05, 0.1) is 24.5 Å². The second-order valence-corrected chi connectivity index (χ2v) is 9.52. The highest BCUT2D eigenvalue weighted by atomic mass is 32.2. The highest BCUT2D eigenvalue weighted by molar-refractivity contribution is 7.89. The van der Waals surface area contributed by atoms with Crippen LogP contribution in [0.1, 0.15) is 30.0 Å². The van der Waals surface area contributed by atoms with Gasteiger partial charge in [0.2, 0.25) is 10.0 Å². The summed E-state index contributed by atoms with van der Waals surface area (Å²) in [6.07, 6.45) is 2.31. The minimum absolute atomic E-state index is 0.0277. The quantitative estimate of drug-likeness (QED) is 0.653. The number of sulfonamides is 1. The molecule has 3 aromatic rings. The van der Waals surface area contributed by atoms with E-state index in [-0.39, 0.29) is 10.9 Å². The van der Waals surface area contributed by atoms with E-state index in [0.717, 1.165) is 42.3 Å². The molecular formula is C23H26FN2O2S+. The number of hydrogen-bond donors (Lipinski definition) is 2. The van der Waals surface area contributed by atoms with Crippen molar-refractivity contribution >= 4 is 20.8 Å². The van der Waals surface area contributed by atoms with Crippen LogP contribution >= 0.6 is 0 Å². The first-order chi connectivity index (χ1) is 14.0. The van der Waals surface area contributed by atoms with Crippen molar-refractivity contribution in [1.29, 1.82) is 0 Å². The van der Waals surface area contributed by atoms with Crippen molar-refractivity contribution in [2.24, 2.45) is 0 Å². The Bertz CT molecular complexity index is 1120. The van der Waals surface area contributed by atoms with Gasteiger partial charge in [0.15, 0.2) is 0 Å². The summed E-state index contributed by atoms with van der Waals surface area (Å²) in [5.74, 6) is -0.404. The zero-order chi connectivity index (χ0) is 20.4. The van der Waals surface area contributed by atoms with Crippen molar-refractivity contribution in [3.05, 3.63) is 77.6 Å². The summed E-state index contributed by atoms with van der Waals surface area (Å²) in [4.78, 5) is 1.50. The Labute approximate surface area is 171 Å². The highest BCUT2D eigenvalue weighted by Crippen LogP contribution is 2.24. The number of aryl methyl sites for hydroxylation is 1. The molecule has 4 rings (SSSR count). The second kappa shape index (κ2) is 8.22. The molecule has 0 amide bonds. The van der Waals surface area contributed by atoms with Crippen molar-refractivity contribution in [3.8, 4) is 0 Å². The van der Waals surface area contributed by atoms with E-state index < -0.39 is 15.8 Å². The summed E-state index contributed by atoms with van der Waals surface area (Å²) in [6, 6.07) is 18.4.